The van der Waals surface area contributed by atoms with E-state index in [0.29, 0.717) is 30.4 Å². The maximum atomic E-state index is 10.8. The number of aliphatic imine (C=N–C) groups is 1. The Morgan fingerprint density at radius 2 is 2.08 bits per heavy atom. The van der Waals surface area contributed by atoms with Crippen molar-refractivity contribution in [1.82, 2.24) is 10.6 Å². The smallest absolute Gasteiger partial charge is 0.191 e. The topological polar surface area (TPSA) is 93.6 Å². The molecule has 138 valence electrons. The maximum Gasteiger partial charge on any atom is 0.191 e. The van der Waals surface area contributed by atoms with Crippen molar-refractivity contribution in [3.05, 3.63) is 58.5 Å². The fourth-order valence-corrected chi connectivity index (χ4v) is 2.77. The van der Waals surface area contributed by atoms with E-state index < -0.39 is 5.60 Å². The number of furan rings is 1. The van der Waals surface area contributed by atoms with E-state index in [1.54, 1.807) is 13.0 Å². The molecular weight excluding hydrogens is 328 g/mol. The molecule has 1 atom stereocenters. The van der Waals surface area contributed by atoms with Crippen molar-refractivity contribution < 1.29 is 9.52 Å². The number of aryl methyl sites for hydroxylation is 2. The van der Waals surface area contributed by atoms with Crippen LogP contribution in [0.5, 0.6) is 0 Å². The second-order valence-corrected chi connectivity index (χ2v) is 6.46. The Hall–Kier alpha value is -2.78. The van der Waals surface area contributed by atoms with Crippen LogP contribution in [0.2, 0.25) is 0 Å². The minimum absolute atomic E-state index is 0.289. The standard InChI is InChI=1S/C20H26N4O2/c1-5-22-19(23-12-17-8-6-7-16(10-17)11-21)24-13-20(4,25)18-9-14(2)26-15(18)3/h6-10,25H,5,12-13H2,1-4H3,(H2,22,23,24). The normalized spacial score (nSPS) is 13.8. The van der Waals surface area contributed by atoms with Gasteiger partial charge in [-0.1, -0.05) is 12.1 Å². The van der Waals surface area contributed by atoms with Crippen molar-refractivity contribution in [2.75, 3.05) is 13.1 Å². The third-order valence-corrected chi connectivity index (χ3v) is 4.04. The summed E-state index contributed by atoms with van der Waals surface area (Å²) in [5, 5.41) is 26.1. The first-order chi connectivity index (χ1) is 12.4. The lowest BCUT2D eigenvalue weighted by Crippen LogP contribution is -2.44. The zero-order valence-electron chi connectivity index (χ0n) is 15.8. The average molecular weight is 354 g/mol. The number of hydrogen-bond donors (Lipinski definition) is 3. The molecular formula is C20H26N4O2. The van der Waals surface area contributed by atoms with Gasteiger partial charge in [0.15, 0.2) is 5.96 Å². The number of guanidine groups is 1. The van der Waals surface area contributed by atoms with Gasteiger partial charge in [-0.15, -0.1) is 0 Å². The second-order valence-electron chi connectivity index (χ2n) is 6.46. The minimum Gasteiger partial charge on any atom is -0.466 e. The quantitative estimate of drug-likeness (QED) is 0.548. The summed E-state index contributed by atoms with van der Waals surface area (Å²) in [5.74, 6) is 2.09. The Bertz CT molecular complexity index is 815. The van der Waals surface area contributed by atoms with Gasteiger partial charge in [-0.05, 0) is 51.5 Å². The summed E-state index contributed by atoms with van der Waals surface area (Å²) in [6.07, 6.45) is 0. The third-order valence-electron chi connectivity index (χ3n) is 4.04. The van der Waals surface area contributed by atoms with Crippen LogP contribution < -0.4 is 10.6 Å². The molecule has 0 aliphatic rings. The van der Waals surface area contributed by atoms with E-state index in [9.17, 15) is 5.11 Å². The minimum atomic E-state index is -1.08. The number of nitriles is 1. The lowest BCUT2D eigenvalue weighted by molar-refractivity contribution is 0.0601. The Morgan fingerprint density at radius 1 is 1.31 bits per heavy atom. The molecule has 2 aromatic rings. The SMILES string of the molecule is CCNC(=NCc1cccc(C#N)c1)NCC(C)(O)c1cc(C)oc1C. The number of benzene rings is 1. The van der Waals surface area contributed by atoms with Crippen LogP contribution in [0.1, 0.15) is 42.1 Å². The molecule has 3 N–H and O–H groups in total. The van der Waals surface area contributed by atoms with Gasteiger partial charge in [0.2, 0.25) is 0 Å². The predicted octanol–water partition coefficient (Wildman–Crippen LogP) is 2.73. The van der Waals surface area contributed by atoms with Gasteiger partial charge in [0.1, 0.15) is 17.1 Å². The van der Waals surface area contributed by atoms with E-state index >= 15 is 0 Å². The molecule has 0 aliphatic carbocycles. The molecule has 1 aromatic carbocycles. The molecule has 0 amide bonds. The van der Waals surface area contributed by atoms with Crippen LogP contribution in [0.4, 0.5) is 0 Å². The fraction of sp³-hybridized carbons (Fsp3) is 0.400. The Labute approximate surface area is 154 Å². The van der Waals surface area contributed by atoms with Crippen LogP contribution in [-0.2, 0) is 12.1 Å². The van der Waals surface area contributed by atoms with Crippen molar-refractivity contribution in [3.8, 4) is 6.07 Å². The van der Waals surface area contributed by atoms with E-state index in [0.717, 1.165) is 16.9 Å². The highest BCUT2D eigenvalue weighted by atomic mass is 16.3. The molecule has 26 heavy (non-hydrogen) atoms. The van der Waals surface area contributed by atoms with Gasteiger partial charge in [0.25, 0.3) is 0 Å². The van der Waals surface area contributed by atoms with E-state index in [1.807, 2.05) is 45.0 Å². The number of aliphatic hydroxyl groups is 1. The number of hydrogen-bond acceptors (Lipinski definition) is 4. The van der Waals surface area contributed by atoms with E-state index in [-0.39, 0.29) is 6.54 Å². The molecule has 0 bridgehead atoms. The Balaban J connectivity index is 2.07. The molecule has 0 saturated carbocycles. The van der Waals surface area contributed by atoms with Gasteiger partial charge >= 0.3 is 0 Å². The number of rotatable bonds is 6. The van der Waals surface area contributed by atoms with E-state index in [2.05, 4.69) is 21.7 Å². The molecule has 1 heterocycles. The number of nitrogens with one attached hydrogen (secondary N) is 2. The second kappa shape index (κ2) is 8.54. The largest absolute Gasteiger partial charge is 0.466 e. The van der Waals surface area contributed by atoms with Crippen molar-refractivity contribution in [2.45, 2.75) is 39.8 Å². The highest BCUT2D eigenvalue weighted by Gasteiger charge is 2.27. The zero-order chi connectivity index (χ0) is 19.2. The highest BCUT2D eigenvalue weighted by Crippen LogP contribution is 2.26. The number of nitrogens with zero attached hydrogens (tertiary/aromatic N) is 2. The monoisotopic (exact) mass is 354 g/mol. The molecule has 2 rings (SSSR count). The lowest BCUT2D eigenvalue weighted by Gasteiger charge is -2.24. The third kappa shape index (κ3) is 5.11. The van der Waals surface area contributed by atoms with Gasteiger partial charge in [0.05, 0.1) is 24.7 Å². The van der Waals surface area contributed by atoms with Gasteiger partial charge < -0.3 is 20.2 Å². The summed E-state index contributed by atoms with van der Waals surface area (Å²) in [6.45, 7) is 8.87. The summed E-state index contributed by atoms with van der Waals surface area (Å²) >= 11 is 0. The molecule has 0 radical (unpaired) electrons. The Morgan fingerprint density at radius 3 is 2.69 bits per heavy atom. The van der Waals surface area contributed by atoms with E-state index in [1.165, 1.54) is 0 Å². The predicted molar refractivity (Wildman–Crippen MR) is 102 cm³/mol. The van der Waals surface area contributed by atoms with Crippen LogP contribution in [0, 0.1) is 25.2 Å². The van der Waals surface area contributed by atoms with Gasteiger partial charge in [0, 0.05) is 12.1 Å². The summed E-state index contributed by atoms with van der Waals surface area (Å²) in [6, 6.07) is 11.3. The van der Waals surface area contributed by atoms with E-state index in [4.69, 9.17) is 9.68 Å². The van der Waals surface area contributed by atoms with Crippen LogP contribution in [0.15, 0.2) is 39.7 Å². The van der Waals surface area contributed by atoms with Gasteiger partial charge in [-0.25, -0.2) is 4.99 Å². The maximum absolute atomic E-state index is 10.8. The van der Waals surface area contributed by atoms with Crippen molar-refractivity contribution in [2.24, 2.45) is 4.99 Å². The molecule has 0 saturated heterocycles. The molecule has 0 aliphatic heterocycles. The average Bonchev–Trinajstić information content (AvgIpc) is 2.97. The van der Waals surface area contributed by atoms with Crippen molar-refractivity contribution in [1.29, 1.82) is 5.26 Å². The molecule has 0 spiro atoms. The molecule has 6 nitrogen and oxygen atoms in total. The van der Waals surface area contributed by atoms with Gasteiger partial charge in [-0.2, -0.15) is 5.26 Å². The first-order valence-corrected chi connectivity index (χ1v) is 8.67. The first kappa shape index (κ1) is 19.5. The van der Waals surface area contributed by atoms with Crippen LogP contribution in [0.3, 0.4) is 0 Å². The zero-order valence-corrected chi connectivity index (χ0v) is 15.8. The summed E-state index contributed by atoms with van der Waals surface area (Å²) in [5.41, 5.74) is 1.25. The Kier molecular flexibility index (Phi) is 6.42. The van der Waals surface area contributed by atoms with Gasteiger partial charge in [-0.3, -0.25) is 0 Å². The molecule has 1 unspecified atom stereocenters. The fourth-order valence-electron chi connectivity index (χ4n) is 2.77. The van der Waals surface area contributed by atoms with Crippen LogP contribution >= 0.6 is 0 Å². The summed E-state index contributed by atoms with van der Waals surface area (Å²) < 4.78 is 5.52. The highest BCUT2D eigenvalue weighted by molar-refractivity contribution is 5.79. The molecule has 1 aromatic heterocycles. The van der Waals surface area contributed by atoms with Crippen molar-refractivity contribution >= 4 is 5.96 Å². The van der Waals surface area contributed by atoms with Crippen LogP contribution in [0.25, 0.3) is 0 Å². The molecule has 0 fully saturated rings. The summed E-state index contributed by atoms with van der Waals surface area (Å²) in [4.78, 5) is 4.53. The lowest BCUT2D eigenvalue weighted by atomic mass is 9.96. The first-order valence-electron chi connectivity index (χ1n) is 8.67. The molecule has 6 heteroatoms. The van der Waals surface area contributed by atoms with Crippen LogP contribution in [-0.4, -0.2) is 24.2 Å². The summed E-state index contributed by atoms with van der Waals surface area (Å²) in [7, 11) is 0. The van der Waals surface area contributed by atoms with Crippen molar-refractivity contribution in [3.63, 3.8) is 0 Å².